The van der Waals surface area contributed by atoms with Gasteiger partial charge in [0.25, 0.3) is 0 Å². The molecule has 0 saturated carbocycles. The Hall–Kier alpha value is -3.44. The first-order valence-corrected chi connectivity index (χ1v) is 8.58. The lowest BCUT2D eigenvalue weighted by molar-refractivity contribution is 0.276. The number of nitrogens with zero attached hydrogens (tertiary/aromatic N) is 2. The van der Waals surface area contributed by atoms with Gasteiger partial charge in [0, 0.05) is 34.9 Å². The molecule has 0 amide bonds. The first-order chi connectivity index (χ1) is 13.3. The van der Waals surface area contributed by atoms with Gasteiger partial charge in [-0.3, -0.25) is 0 Å². The third kappa shape index (κ3) is 2.44. The monoisotopic (exact) mass is 358 g/mol. The Labute approximate surface area is 154 Å². The van der Waals surface area contributed by atoms with E-state index in [0.29, 0.717) is 11.3 Å². The van der Waals surface area contributed by atoms with Crippen LogP contribution in [0.3, 0.4) is 0 Å². The van der Waals surface area contributed by atoms with Crippen LogP contribution in [0, 0.1) is 5.82 Å². The van der Waals surface area contributed by atoms with E-state index in [1.54, 1.807) is 24.6 Å². The van der Waals surface area contributed by atoms with E-state index in [2.05, 4.69) is 4.98 Å². The van der Waals surface area contributed by atoms with E-state index in [9.17, 15) is 9.50 Å². The summed E-state index contributed by atoms with van der Waals surface area (Å²) >= 11 is 0. The van der Waals surface area contributed by atoms with Crippen molar-refractivity contribution >= 4 is 16.4 Å². The van der Waals surface area contributed by atoms with Crippen LogP contribution in [0.4, 0.5) is 4.39 Å². The van der Waals surface area contributed by atoms with Crippen molar-refractivity contribution in [2.75, 3.05) is 0 Å². The number of aliphatic hydroxyl groups excluding tert-OH is 1. The van der Waals surface area contributed by atoms with E-state index in [-0.39, 0.29) is 12.2 Å². The number of aromatic nitrogens is 2. The van der Waals surface area contributed by atoms with Crippen LogP contribution in [0.25, 0.3) is 38.9 Å². The summed E-state index contributed by atoms with van der Waals surface area (Å²) in [5.74, 6) is 0.288. The van der Waals surface area contributed by atoms with Crippen LogP contribution in [0.1, 0.15) is 5.56 Å². The Morgan fingerprint density at radius 3 is 2.85 bits per heavy atom. The van der Waals surface area contributed by atoms with Crippen molar-refractivity contribution in [2.45, 2.75) is 6.61 Å². The van der Waals surface area contributed by atoms with Crippen molar-refractivity contribution in [1.29, 1.82) is 0 Å². The lowest BCUT2D eigenvalue weighted by atomic mass is 9.98. The van der Waals surface area contributed by atoms with Gasteiger partial charge in [0.15, 0.2) is 0 Å². The third-order valence-electron chi connectivity index (χ3n) is 4.83. The van der Waals surface area contributed by atoms with Gasteiger partial charge in [-0.15, -0.1) is 0 Å². The molecule has 5 heteroatoms. The van der Waals surface area contributed by atoms with Crippen molar-refractivity contribution in [1.82, 2.24) is 9.38 Å². The highest BCUT2D eigenvalue weighted by atomic mass is 19.1. The molecule has 0 radical (unpaired) electrons. The molecule has 0 saturated heterocycles. The van der Waals surface area contributed by atoms with Gasteiger partial charge >= 0.3 is 0 Å². The second kappa shape index (κ2) is 6.07. The largest absolute Gasteiger partial charge is 0.463 e. The molecule has 3 aromatic heterocycles. The summed E-state index contributed by atoms with van der Waals surface area (Å²) < 4.78 is 21.9. The molecule has 3 heterocycles. The minimum absolute atomic E-state index is 0.271. The molecule has 0 aliphatic rings. The fourth-order valence-electron chi connectivity index (χ4n) is 3.54. The van der Waals surface area contributed by atoms with Crippen molar-refractivity contribution in [3.63, 3.8) is 0 Å². The van der Waals surface area contributed by atoms with Crippen molar-refractivity contribution < 1.29 is 13.9 Å². The van der Waals surface area contributed by atoms with Crippen LogP contribution in [0.5, 0.6) is 0 Å². The highest BCUT2D eigenvalue weighted by Gasteiger charge is 2.17. The summed E-state index contributed by atoms with van der Waals surface area (Å²) in [5, 5.41) is 11.6. The van der Waals surface area contributed by atoms with Gasteiger partial charge in [0.2, 0.25) is 0 Å². The van der Waals surface area contributed by atoms with E-state index in [1.165, 1.54) is 6.07 Å². The molecule has 132 valence electrons. The number of hydrogen-bond donors (Lipinski definition) is 1. The number of furan rings is 1. The number of benzene rings is 2. The minimum Gasteiger partial charge on any atom is -0.463 e. The number of rotatable bonds is 3. The van der Waals surface area contributed by atoms with Crippen molar-refractivity contribution in [2.24, 2.45) is 0 Å². The molecule has 0 aliphatic carbocycles. The Bertz CT molecular complexity index is 1290. The zero-order chi connectivity index (χ0) is 18.4. The van der Waals surface area contributed by atoms with Gasteiger partial charge in [-0.1, -0.05) is 36.4 Å². The van der Waals surface area contributed by atoms with Gasteiger partial charge in [0.05, 0.1) is 18.4 Å². The van der Waals surface area contributed by atoms with Crippen LogP contribution in [-0.2, 0) is 6.61 Å². The maximum atomic E-state index is 14.2. The maximum absolute atomic E-state index is 14.2. The van der Waals surface area contributed by atoms with Crippen LogP contribution < -0.4 is 0 Å². The van der Waals surface area contributed by atoms with Gasteiger partial charge in [0.1, 0.15) is 17.2 Å². The predicted octanol–water partition coefficient (Wildman–Crippen LogP) is 5.05. The van der Waals surface area contributed by atoms with Gasteiger partial charge < -0.3 is 13.9 Å². The molecule has 0 fully saturated rings. The first kappa shape index (κ1) is 15.8. The Morgan fingerprint density at radius 2 is 1.96 bits per heavy atom. The molecule has 0 atom stereocenters. The number of imidazole rings is 1. The standard InChI is InChI=1S/C22H15FN2O2/c23-20-7-3-6-16(19(20)12-26)15-10-18(22-24-8-9-25(22)11-15)21-17-5-2-1-4-14(17)13-27-21/h1-11,13,26H,12H2. The van der Waals surface area contributed by atoms with Crippen LogP contribution in [-0.4, -0.2) is 14.5 Å². The molecule has 5 aromatic rings. The van der Waals surface area contributed by atoms with Crippen molar-refractivity contribution in [3.05, 3.63) is 84.8 Å². The maximum Gasteiger partial charge on any atom is 0.147 e. The predicted molar refractivity (Wildman–Crippen MR) is 102 cm³/mol. The first-order valence-electron chi connectivity index (χ1n) is 8.58. The van der Waals surface area contributed by atoms with E-state index in [1.807, 2.05) is 47.1 Å². The summed E-state index contributed by atoms with van der Waals surface area (Å²) in [7, 11) is 0. The summed E-state index contributed by atoms with van der Waals surface area (Å²) in [6, 6.07) is 14.6. The number of fused-ring (bicyclic) bond motifs is 2. The summed E-state index contributed by atoms with van der Waals surface area (Å²) in [6.45, 7) is -0.372. The third-order valence-corrected chi connectivity index (χ3v) is 4.83. The number of hydrogen-bond acceptors (Lipinski definition) is 3. The average molecular weight is 358 g/mol. The Balaban J connectivity index is 1.82. The smallest absolute Gasteiger partial charge is 0.147 e. The molecular formula is C22H15FN2O2. The number of aliphatic hydroxyl groups is 1. The zero-order valence-corrected chi connectivity index (χ0v) is 14.3. The van der Waals surface area contributed by atoms with E-state index < -0.39 is 5.82 Å². The summed E-state index contributed by atoms with van der Waals surface area (Å²) in [4.78, 5) is 4.46. The molecule has 0 aliphatic heterocycles. The number of pyridine rings is 1. The fourth-order valence-corrected chi connectivity index (χ4v) is 3.54. The van der Waals surface area contributed by atoms with Crippen molar-refractivity contribution in [3.8, 4) is 22.5 Å². The fraction of sp³-hybridized carbons (Fsp3) is 0.0455. The topological polar surface area (TPSA) is 50.7 Å². The highest BCUT2D eigenvalue weighted by Crippen LogP contribution is 2.36. The molecule has 0 spiro atoms. The molecule has 5 rings (SSSR count). The second-order valence-electron chi connectivity index (χ2n) is 6.38. The van der Waals surface area contributed by atoms with Gasteiger partial charge in [-0.25, -0.2) is 9.37 Å². The lowest BCUT2D eigenvalue weighted by Gasteiger charge is -2.11. The summed E-state index contributed by atoms with van der Waals surface area (Å²) in [6.07, 6.45) is 7.15. The quantitative estimate of drug-likeness (QED) is 0.491. The molecule has 2 aromatic carbocycles. The lowest BCUT2D eigenvalue weighted by Crippen LogP contribution is -1.97. The molecule has 0 unspecified atom stereocenters. The highest BCUT2D eigenvalue weighted by molar-refractivity contribution is 5.98. The van der Waals surface area contributed by atoms with Gasteiger partial charge in [-0.2, -0.15) is 0 Å². The van der Waals surface area contributed by atoms with E-state index in [0.717, 1.165) is 27.5 Å². The Kier molecular flexibility index (Phi) is 3.55. The van der Waals surface area contributed by atoms with Crippen LogP contribution >= 0.6 is 0 Å². The normalized spacial score (nSPS) is 11.5. The van der Waals surface area contributed by atoms with Crippen LogP contribution in [0.15, 0.2) is 77.8 Å². The molecule has 1 N–H and O–H groups in total. The molecule has 27 heavy (non-hydrogen) atoms. The molecule has 0 bridgehead atoms. The molecule has 4 nitrogen and oxygen atoms in total. The summed E-state index contributed by atoms with van der Waals surface area (Å²) in [5.41, 5.74) is 3.25. The van der Waals surface area contributed by atoms with Gasteiger partial charge in [-0.05, 0) is 23.3 Å². The second-order valence-corrected chi connectivity index (χ2v) is 6.38. The minimum atomic E-state index is -0.425. The number of halogens is 1. The average Bonchev–Trinajstić information content (AvgIpc) is 3.34. The van der Waals surface area contributed by atoms with Crippen LogP contribution in [0.2, 0.25) is 0 Å². The van der Waals surface area contributed by atoms with E-state index in [4.69, 9.17) is 4.42 Å². The SMILES string of the molecule is OCc1c(F)cccc1-c1cc(-c2occ3ccccc23)c2nccn2c1. The zero-order valence-electron chi connectivity index (χ0n) is 14.3. The molecular weight excluding hydrogens is 343 g/mol. The van der Waals surface area contributed by atoms with E-state index >= 15 is 0 Å². The Morgan fingerprint density at radius 1 is 1.07 bits per heavy atom.